The molecule has 0 aliphatic heterocycles. The number of rotatable bonds is 4. The van der Waals surface area contributed by atoms with Gasteiger partial charge in [-0.25, -0.2) is 0 Å². The summed E-state index contributed by atoms with van der Waals surface area (Å²) in [6.45, 7) is 0. The average molecular weight is 222 g/mol. The Labute approximate surface area is 94.9 Å². The van der Waals surface area contributed by atoms with E-state index in [1.807, 2.05) is 53.9 Å². The van der Waals surface area contributed by atoms with Crippen LogP contribution in [0.15, 0.2) is 30.3 Å². The molecule has 0 aromatic heterocycles. The SMILES string of the molecule is CSCSCCC#Cc1ccccc1. The summed E-state index contributed by atoms with van der Waals surface area (Å²) in [5, 5.41) is 1.17. The molecule has 0 fully saturated rings. The van der Waals surface area contributed by atoms with Crippen LogP contribution in [-0.2, 0) is 0 Å². The first kappa shape index (κ1) is 11.6. The van der Waals surface area contributed by atoms with Gasteiger partial charge in [-0.3, -0.25) is 0 Å². The molecule has 0 saturated carbocycles. The maximum absolute atomic E-state index is 3.18. The van der Waals surface area contributed by atoms with Gasteiger partial charge in [0.25, 0.3) is 0 Å². The fourth-order valence-electron chi connectivity index (χ4n) is 0.952. The second-order valence-electron chi connectivity index (χ2n) is 2.73. The van der Waals surface area contributed by atoms with Crippen molar-refractivity contribution in [3.05, 3.63) is 35.9 Å². The molecule has 0 heterocycles. The highest BCUT2D eigenvalue weighted by atomic mass is 32.2. The van der Waals surface area contributed by atoms with Gasteiger partial charge in [0.1, 0.15) is 0 Å². The van der Waals surface area contributed by atoms with Crippen molar-refractivity contribution in [2.45, 2.75) is 6.42 Å². The van der Waals surface area contributed by atoms with Crippen molar-refractivity contribution in [2.24, 2.45) is 0 Å². The van der Waals surface area contributed by atoms with Crippen LogP contribution in [0.2, 0.25) is 0 Å². The molecule has 0 amide bonds. The van der Waals surface area contributed by atoms with E-state index in [4.69, 9.17) is 0 Å². The smallest absolute Gasteiger partial charge is 0.0389 e. The topological polar surface area (TPSA) is 0 Å². The molecule has 74 valence electrons. The molecule has 2 heteroatoms. The van der Waals surface area contributed by atoms with E-state index in [0.29, 0.717) is 0 Å². The maximum atomic E-state index is 3.18. The van der Waals surface area contributed by atoms with Gasteiger partial charge in [-0.2, -0.15) is 23.5 Å². The second kappa shape index (κ2) is 7.84. The zero-order valence-corrected chi connectivity index (χ0v) is 9.96. The maximum Gasteiger partial charge on any atom is 0.0389 e. The van der Waals surface area contributed by atoms with Crippen molar-refractivity contribution in [3.8, 4) is 11.8 Å². The lowest BCUT2D eigenvalue weighted by molar-refractivity contribution is 1.30. The van der Waals surface area contributed by atoms with E-state index in [1.54, 1.807) is 0 Å². The zero-order valence-electron chi connectivity index (χ0n) is 8.32. The van der Waals surface area contributed by atoms with Crippen LogP contribution in [-0.4, -0.2) is 17.1 Å². The summed E-state index contributed by atoms with van der Waals surface area (Å²) < 4.78 is 0. The fourth-order valence-corrected chi connectivity index (χ4v) is 2.34. The standard InChI is InChI=1S/C12H14S2/c1-13-11-14-10-6-5-9-12-7-3-2-4-8-12/h2-4,7-8H,6,10-11H2,1H3. The predicted molar refractivity (Wildman–Crippen MR) is 68.8 cm³/mol. The van der Waals surface area contributed by atoms with Crippen molar-refractivity contribution in [2.75, 3.05) is 17.1 Å². The van der Waals surface area contributed by atoms with Crippen LogP contribution in [0.5, 0.6) is 0 Å². The lowest BCUT2D eigenvalue weighted by Gasteiger charge is -1.92. The summed E-state index contributed by atoms with van der Waals surface area (Å²) in [6.07, 6.45) is 3.11. The van der Waals surface area contributed by atoms with Gasteiger partial charge in [0.2, 0.25) is 0 Å². The largest absolute Gasteiger partial charge is 0.155 e. The second-order valence-corrected chi connectivity index (χ2v) is 5.07. The van der Waals surface area contributed by atoms with E-state index in [1.165, 1.54) is 5.08 Å². The first-order chi connectivity index (χ1) is 6.93. The third-order valence-electron chi connectivity index (χ3n) is 1.58. The van der Waals surface area contributed by atoms with Gasteiger partial charge in [0.15, 0.2) is 0 Å². The lowest BCUT2D eigenvalue weighted by Crippen LogP contribution is -1.77. The minimum absolute atomic E-state index is 0.986. The van der Waals surface area contributed by atoms with Crippen LogP contribution in [0, 0.1) is 11.8 Å². The quantitative estimate of drug-likeness (QED) is 0.434. The summed E-state index contributed by atoms with van der Waals surface area (Å²) in [5.41, 5.74) is 1.11. The average Bonchev–Trinajstić information content (AvgIpc) is 2.25. The van der Waals surface area contributed by atoms with E-state index in [9.17, 15) is 0 Å². The third-order valence-corrected chi connectivity index (χ3v) is 3.68. The Kier molecular flexibility index (Phi) is 6.47. The summed E-state index contributed by atoms with van der Waals surface area (Å²) in [7, 11) is 0. The van der Waals surface area contributed by atoms with Crippen LogP contribution in [0.1, 0.15) is 12.0 Å². The molecule has 0 bridgehead atoms. The first-order valence-electron chi connectivity index (χ1n) is 4.54. The van der Waals surface area contributed by atoms with Crippen LogP contribution in [0.4, 0.5) is 0 Å². The Bertz CT molecular complexity index is 295. The highest BCUT2D eigenvalue weighted by Crippen LogP contribution is 2.08. The monoisotopic (exact) mass is 222 g/mol. The molecule has 1 aromatic rings. The Hall–Kier alpha value is -0.520. The molecule has 0 spiro atoms. The number of hydrogen-bond donors (Lipinski definition) is 0. The molecule has 1 aromatic carbocycles. The molecule has 0 aliphatic carbocycles. The van der Waals surface area contributed by atoms with E-state index < -0.39 is 0 Å². The van der Waals surface area contributed by atoms with E-state index in [2.05, 4.69) is 18.1 Å². The van der Waals surface area contributed by atoms with Crippen molar-refractivity contribution in [1.29, 1.82) is 0 Å². The van der Waals surface area contributed by atoms with Crippen LogP contribution >= 0.6 is 23.5 Å². The molecule has 0 unspecified atom stereocenters. The van der Waals surface area contributed by atoms with Crippen LogP contribution in [0.3, 0.4) is 0 Å². The number of hydrogen-bond acceptors (Lipinski definition) is 2. The molecule has 0 N–H and O–H groups in total. The van der Waals surface area contributed by atoms with Crippen LogP contribution in [0.25, 0.3) is 0 Å². The molecule has 0 radical (unpaired) electrons. The molecule has 0 saturated heterocycles. The summed E-state index contributed by atoms with van der Waals surface area (Å²) >= 11 is 3.82. The molecular weight excluding hydrogens is 208 g/mol. The van der Waals surface area contributed by atoms with Gasteiger partial charge in [-0.1, -0.05) is 30.0 Å². The molecule has 0 nitrogen and oxygen atoms in total. The van der Waals surface area contributed by atoms with Crippen molar-refractivity contribution >= 4 is 23.5 Å². The zero-order chi connectivity index (χ0) is 10.1. The van der Waals surface area contributed by atoms with E-state index >= 15 is 0 Å². The van der Waals surface area contributed by atoms with Gasteiger partial charge in [-0.05, 0) is 18.4 Å². The van der Waals surface area contributed by atoms with Crippen molar-refractivity contribution in [1.82, 2.24) is 0 Å². The minimum atomic E-state index is 0.986. The Balaban J connectivity index is 2.21. The Morgan fingerprint density at radius 1 is 1.21 bits per heavy atom. The molecule has 14 heavy (non-hydrogen) atoms. The number of thioether (sulfide) groups is 2. The molecular formula is C12H14S2. The van der Waals surface area contributed by atoms with Crippen molar-refractivity contribution < 1.29 is 0 Å². The molecule has 0 aliphatic rings. The van der Waals surface area contributed by atoms with E-state index in [0.717, 1.165) is 17.7 Å². The number of benzene rings is 1. The predicted octanol–water partition coefficient (Wildman–Crippen LogP) is 3.48. The van der Waals surface area contributed by atoms with Gasteiger partial charge < -0.3 is 0 Å². The summed E-state index contributed by atoms with van der Waals surface area (Å²) in [5.74, 6) is 7.47. The molecule has 1 rings (SSSR count). The summed E-state index contributed by atoms with van der Waals surface area (Å²) in [4.78, 5) is 0. The van der Waals surface area contributed by atoms with Gasteiger partial charge >= 0.3 is 0 Å². The van der Waals surface area contributed by atoms with Gasteiger partial charge in [-0.15, -0.1) is 0 Å². The summed E-state index contributed by atoms with van der Waals surface area (Å²) in [6, 6.07) is 10.1. The highest BCUT2D eigenvalue weighted by molar-refractivity contribution is 8.15. The van der Waals surface area contributed by atoms with E-state index in [-0.39, 0.29) is 0 Å². The Morgan fingerprint density at radius 2 is 2.00 bits per heavy atom. The highest BCUT2D eigenvalue weighted by Gasteiger charge is 1.84. The lowest BCUT2D eigenvalue weighted by atomic mass is 10.2. The van der Waals surface area contributed by atoms with Crippen LogP contribution < -0.4 is 0 Å². The normalized spacial score (nSPS) is 9.21. The Morgan fingerprint density at radius 3 is 2.71 bits per heavy atom. The van der Waals surface area contributed by atoms with Gasteiger partial charge in [0.05, 0.1) is 0 Å². The third kappa shape index (κ3) is 5.26. The van der Waals surface area contributed by atoms with Gasteiger partial charge in [0, 0.05) is 22.8 Å². The molecule has 0 atom stereocenters. The first-order valence-corrected chi connectivity index (χ1v) is 7.09. The van der Waals surface area contributed by atoms with Crippen molar-refractivity contribution in [3.63, 3.8) is 0 Å². The minimum Gasteiger partial charge on any atom is -0.155 e. The fraction of sp³-hybridized carbons (Fsp3) is 0.333.